The van der Waals surface area contributed by atoms with E-state index in [9.17, 15) is 0 Å². The second-order valence-electron chi connectivity index (χ2n) is 5.25. The number of ether oxygens (including phenoxy) is 1. The standard InChI is InChI=1S/C19H21NO/c1-20(2)15-9-10-16-21-19(17-11-5-3-6-12-17)18-13-7-4-8-14-18/h3-8,11-14,19H,15-16H2,1-2H3/p+1. The van der Waals surface area contributed by atoms with Gasteiger partial charge in [0, 0.05) is 0 Å². The highest BCUT2D eigenvalue weighted by molar-refractivity contribution is 5.30. The van der Waals surface area contributed by atoms with Crippen LogP contribution in [-0.2, 0) is 4.74 Å². The first-order chi connectivity index (χ1) is 10.3. The Morgan fingerprint density at radius 2 is 1.38 bits per heavy atom. The number of rotatable bonds is 5. The Bertz CT molecular complexity index is 542. The summed E-state index contributed by atoms with van der Waals surface area (Å²) in [4.78, 5) is 1.32. The van der Waals surface area contributed by atoms with Crippen LogP contribution < -0.4 is 4.90 Å². The molecule has 21 heavy (non-hydrogen) atoms. The third kappa shape index (κ3) is 5.07. The van der Waals surface area contributed by atoms with Gasteiger partial charge in [0.1, 0.15) is 19.3 Å². The van der Waals surface area contributed by atoms with Gasteiger partial charge in [0.25, 0.3) is 0 Å². The molecule has 1 N–H and O–H groups in total. The van der Waals surface area contributed by atoms with Crippen molar-refractivity contribution in [2.75, 3.05) is 27.2 Å². The molecule has 2 rings (SSSR count). The monoisotopic (exact) mass is 280 g/mol. The topological polar surface area (TPSA) is 13.7 Å². The Balaban J connectivity index is 2.08. The second kappa shape index (κ2) is 8.26. The zero-order valence-corrected chi connectivity index (χ0v) is 12.7. The quantitative estimate of drug-likeness (QED) is 0.826. The van der Waals surface area contributed by atoms with Crippen molar-refractivity contribution in [2.45, 2.75) is 6.10 Å². The van der Waals surface area contributed by atoms with Gasteiger partial charge in [-0.15, -0.1) is 0 Å². The Morgan fingerprint density at radius 3 is 1.86 bits per heavy atom. The average Bonchev–Trinajstić information content (AvgIpc) is 2.52. The lowest BCUT2D eigenvalue weighted by molar-refractivity contribution is -0.850. The fourth-order valence-corrected chi connectivity index (χ4v) is 2.06. The first-order valence-electron chi connectivity index (χ1n) is 7.23. The number of hydrogen-bond acceptors (Lipinski definition) is 1. The normalized spacial score (nSPS) is 10.5. The molecule has 0 aliphatic heterocycles. The van der Waals surface area contributed by atoms with Crippen molar-refractivity contribution in [1.82, 2.24) is 0 Å². The molecule has 0 atom stereocenters. The van der Waals surface area contributed by atoms with E-state index in [1.54, 1.807) is 0 Å². The maximum Gasteiger partial charge on any atom is 0.139 e. The summed E-state index contributed by atoms with van der Waals surface area (Å²) in [7, 11) is 4.18. The second-order valence-corrected chi connectivity index (χ2v) is 5.25. The molecule has 0 fully saturated rings. The van der Waals surface area contributed by atoms with E-state index in [-0.39, 0.29) is 6.10 Å². The third-order valence-corrected chi connectivity index (χ3v) is 3.09. The highest BCUT2D eigenvalue weighted by Crippen LogP contribution is 2.25. The first kappa shape index (κ1) is 15.3. The van der Waals surface area contributed by atoms with Crippen LogP contribution in [0.25, 0.3) is 0 Å². The first-order valence-corrected chi connectivity index (χ1v) is 7.23. The molecule has 0 aliphatic rings. The summed E-state index contributed by atoms with van der Waals surface area (Å²) in [6, 6.07) is 20.6. The minimum atomic E-state index is -0.0617. The maximum atomic E-state index is 6.01. The SMILES string of the molecule is C[NH+](C)CC#CCOC(c1ccccc1)c1ccccc1. The summed E-state index contributed by atoms with van der Waals surface area (Å²) in [5.41, 5.74) is 2.31. The van der Waals surface area contributed by atoms with E-state index in [0.717, 1.165) is 17.7 Å². The summed E-state index contributed by atoms with van der Waals surface area (Å²) < 4.78 is 6.01. The van der Waals surface area contributed by atoms with Crippen LogP contribution in [0.15, 0.2) is 60.7 Å². The van der Waals surface area contributed by atoms with E-state index in [2.05, 4.69) is 50.2 Å². The van der Waals surface area contributed by atoms with E-state index in [1.165, 1.54) is 4.90 Å². The molecular weight excluding hydrogens is 258 g/mol. The summed E-state index contributed by atoms with van der Waals surface area (Å²) in [5.74, 6) is 6.22. The van der Waals surface area contributed by atoms with Crippen LogP contribution in [-0.4, -0.2) is 27.2 Å². The predicted molar refractivity (Wildman–Crippen MR) is 86.1 cm³/mol. The van der Waals surface area contributed by atoms with Crippen molar-refractivity contribution >= 4 is 0 Å². The van der Waals surface area contributed by atoms with Crippen LogP contribution >= 0.6 is 0 Å². The van der Waals surface area contributed by atoms with Gasteiger partial charge < -0.3 is 9.64 Å². The van der Waals surface area contributed by atoms with Crippen molar-refractivity contribution in [2.24, 2.45) is 0 Å². The Hall–Kier alpha value is -2.08. The molecule has 0 aromatic heterocycles. The summed E-state index contributed by atoms with van der Waals surface area (Å²) >= 11 is 0. The predicted octanol–water partition coefficient (Wildman–Crippen LogP) is 1.94. The molecule has 0 bridgehead atoms. The fourth-order valence-electron chi connectivity index (χ4n) is 2.06. The molecule has 0 aliphatic carbocycles. The van der Waals surface area contributed by atoms with Crippen molar-refractivity contribution in [1.29, 1.82) is 0 Å². The zero-order valence-electron chi connectivity index (χ0n) is 12.7. The van der Waals surface area contributed by atoms with Crippen molar-refractivity contribution in [3.63, 3.8) is 0 Å². The molecule has 108 valence electrons. The highest BCUT2D eigenvalue weighted by atomic mass is 16.5. The minimum absolute atomic E-state index is 0.0617. The molecule has 0 radical (unpaired) electrons. The lowest BCUT2D eigenvalue weighted by Gasteiger charge is -2.17. The molecule has 0 saturated carbocycles. The van der Waals surface area contributed by atoms with Crippen LogP contribution in [0.1, 0.15) is 17.2 Å². The third-order valence-electron chi connectivity index (χ3n) is 3.09. The van der Waals surface area contributed by atoms with Gasteiger partial charge in [-0.05, 0) is 17.0 Å². The van der Waals surface area contributed by atoms with E-state index in [1.807, 2.05) is 36.4 Å². The van der Waals surface area contributed by atoms with Gasteiger partial charge in [-0.1, -0.05) is 66.6 Å². The maximum absolute atomic E-state index is 6.01. The largest absolute Gasteiger partial charge is 0.356 e. The summed E-state index contributed by atoms with van der Waals surface area (Å²) in [6.45, 7) is 1.28. The van der Waals surface area contributed by atoms with Gasteiger partial charge in [0.2, 0.25) is 0 Å². The van der Waals surface area contributed by atoms with Crippen molar-refractivity contribution in [3.05, 3.63) is 71.8 Å². The fraction of sp³-hybridized carbons (Fsp3) is 0.263. The van der Waals surface area contributed by atoms with Gasteiger partial charge >= 0.3 is 0 Å². The van der Waals surface area contributed by atoms with Gasteiger partial charge in [0.05, 0.1) is 14.1 Å². The summed E-state index contributed by atoms with van der Waals surface area (Å²) in [6.07, 6.45) is -0.0617. The lowest BCUT2D eigenvalue weighted by Crippen LogP contribution is -3.05. The van der Waals surface area contributed by atoms with Gasteiger partial charge in [-0.25, -0.2) is 0 Å². The van der Waals surface area contributed by atoms with E-state index >= 15 is 0 Å². The molecule has 2 aromatic carbocycles. The Kier molecular flexibility index (Phi) is 6.02. The van der Waals surface area contributed by atoms with E-state index in [4.69, 9.17) is 4.74 Å². The number of quaternary nitrogens is 1. The molecule has 0 heterocycles. The average molecular weight is 280 g/mol. The molecule has 2 aromatic rings. The van der Waals surface area contributed by atoms with Crippen LogP contribution in [0.5, 0.6) is 0 Å². The van der Waals surface area contributed by atoms with Gasteiger partial charge in [-0.3, -0.25) is 0 Å². The highest BCUT2D eigenvalue weighted by Gasteiger charge is 2.13. The molecule has 0 spiro atoms. The molecule has 2 heteroatoms. The van der Waals surface area contributed by atoms with Gasteiger partial charge in [0.15, 0.2) is 0 Å². The Morgan fingerprint density at radius 1 is 0.857 bits per heavy atom. The molecule has 2 nitrogen and oxygen atoms in total. The smallest absolute Gasteiger partial charge is 0.139 e. The van der Waals surface area contributed by atoms with Gasteiger partial charge in [-0.2, -0.15) is 0 Å². The molecular formula is C19H22NO+. The zero-order chi connectivity index (χ0) is 14.9. The lowest BCUT2D eigenvalue weighted by atomic mass is 10.0. The van der Waals surface area contributed by atoms with E-state index in [0.29, 0.717) is 6.61 Å². The van der Waals surface area contributed by atoms with Crippen molar-refractivity contribution < 1.29 is 9.64 Å². The Labute approximate surface area is 127 Å². The van der Waals surface area contributed by atoms with Crippen LogP contribution in [0.4, 0.5) is 0 Å². The summed E-state index contributed by atoms with van der Waals surface area (Å²) in [5, 5.41) is 0. The number of hydrogen-bond donors (Lipinski definition) is 1. The molecule has 0 unspecified atom stereocenters. The van der Waals surface area contributed by atoms with Crippen LogP contribution in [0.2, 0.25) is 0 Å². The minimum Gasteiger partial charge on any atom is -0.356 e. The number of nitrogens with one attached hydrogen (secondary N) is 1. The van der Waals surface area contributed by atoms with Crippen LogP contribution in [0.3, 0.4) is 0 Å². The van der Waals surface area contributed by atoms with Crippen molar-refractivity contribution in [3.8, 4) is 11.8 Å². The van der Waals surface area contributed by atoms with E-state index < -0.39 is 0 Å². The molecule has 0 amide bonds. The van der Waals surface area contributed by atoms with Crippen LogP contribution in [0, 0.1) is 11.8 Å². The molecule has 0 saturated heterocycles. The number of benzene rings is 2.